The minimum Gasteiger partial charge on any atom is -0.478 e. The highest BCUT2D eigenvalue weighted by Crippen LogP contribution is 2.28. The molecule has 34 heavy (non-hydrogen) atoms. The van der Waals surface area contributed by atoms with Crippen LogP contribution in [-0.4, -0.2) is 67.3 Å². The van der Waals surface area contributed by atoms with Crippen LogP contribution in [0.2, 0.25) is 5.02 Å². The van der Waals surface area contributed by atoms with Gasteiger partial charge in [-0.25, -0.2) is 4.79 Å². The standard InChI is InChI=1S/C26H34ClN3O4/c1-18(2)34-16-4-13-29(3)22-11-14-30(15-12-22)24-10-9-21(17-23(24)26(32)33)28-25(31)19-5-7-20(27)8-6-19/h5-10,17-18,22H,4,11-16H2,1-3H3,(H,28,31)(H,32,33). The van der Waals surface area contributed by atoms with Crippen molar-refractivity contribution in [2.24, 2.45) is 0 Å². The number of amides is 1. The third-order valence-corrected chi connectivity index (χ3v) is 6.38. The van der Waals surface area contributed by atoms with Crippen LogP contribution in [0, 0.1) is 0 Å². The Morgan fingerprint density at radius 3 is 2.47 bits per heavy atom. The lowest BCUT2D eigenvalue weighted by Crippen LogP contribution is -2.44. The third kappa shape index (κ3) is 7.19. The molecule has 0 unspecified atom stereocenters. The van der Waals surface area contributed by atoms with Gasteiger partial charge in [-0.3, -0.25) is 4.79 Å². The van der Waals surface area contributed by atoms with Gasteiger partial charge >= 0.3 is 5.97 Å². The number of hydrogen-bond acceptors (Lipinski definition) is 5. The number of carboxylic acids is 1. The van der Waals surface area contributed by atoms with Crippen LogP contribution in [0.5, 0.6) is 0 Å². The minimum absolute atomic E-state index is 0.187. The molecule has 7 nitrogen and oxygen atoms in total. The summed E-state index contributed by atoms with van der Waals surface area (Å²) >= 11 is 5.88. The molecule has 2 N–H and O–H groups in total. The van der Waals surface area contributed by atoms with E-state index in [-0.39, 0.29) is 17.6 Å². The van der Waals surface area contributed by atoms with E-state index in [0.717, 1.165) is 45.5 Å². The Kier molecular flexibility index (Phi) is 9.33. The van der Waals surface area contributed by atoms with Gasteiger partial charge in [0.2, 0.25) is 0 Å². The van der Waals surface area contributed by atoms with Gasteiger partial charge in [0.15, 0.2) is 0 Å². The molecule has 1 aliphatic heterocycles. The summed E-state index contributed by atoms with van der Waals surface area (Å²) in [4.78, 5) is 29.0. The van der Waals surface area contributed by atoms with Gasteiger partial charge in [-0.2, -0.15) is 0 Å². The number of ether oxygens (including phenoxy) is 1. The van der Waals surface area contributed by atoms with Crippen molar-refractivity contribution in [2.75, 3.05) is 43.5 Å². The summed E-state index contributed by atoms with van der Waals surface area (Å²) in [7, 11) is 2.15. The fraction of sp³-hybridized carbons (Fsp3) is 0.462. The summed E-state index contributed by atoms with van der Waals surface area (Å²) in [6, 6.07) is 12.1. The Balaban J connectivity index is 1.60. The lowest BCUT2D eigenvalue weighted by Gasteiger charge is -2.38. The zero-order valence-corrected chi connectivity index (χ0v) is 20.8. The average Bonchev–Trinajstić information content (AvgIpc) is 2.82. The first-order valence-corrected chi connectivity index (χ1v) is 12.1. The molecule has 1 heterocycles. The second-order valence-corrected chi connectivity index (χ2v) is 9.41. The number of aromatic carboxylic acids is 1. The molecule has 0 bridgehead atoms. The quantitative estimate of drug-likeness (QED) is 0.458. The largest absolute Gasteiger partial charge is 0.478 e. The number of nitrogens with one attached hydrogen (secondary N) is 1. The lowest BCUT2D eigenvalue weighted by atomic mass is 10.0. The predicted octanol–water partition coefficient (Wildman–Crippen LogP) is 5.01. The number of carbonyl (C=O) groups is 2. The molecule has 8 heteroatoms. The molecule has 3 rings (SSSR count). The number of nitrogens with zero attached hydrogens (tertiary/aromatic N) is 2. The first kappa shape index (κ1) is 26.0. The molecular weight excluding hydrogens is 454 g/mol. The second kappa shape index (κ2) is 12.2. The smallest absolute Gasteiger partial charge is 0.337 e. The fourth-order valence-corrected chi connectivity index (χ4v) is 4.35. The van der Waals surface area contributed by atoms with Crippen molar-refractivity contribution in [1.29, 1.82) is 0 Å². The van der Waals surface area contributed by atoms with Crippen molar-refractivity contribution < 1.29 is 19.4 Å². The fourth-order valence-electron chi connectivity index (χ4n) is 4.23. The first-order chi connectivity index (χ1) is 16.2. The van der Waals surface area contributed by atoms with E-state index in [0.29, 0.717) is 28.0 Å². The van der Waals surface area contributed by atoms with Crippen LogP contribution in [0.25, 0.3) is 0 Å². The number of hydrogen-bond donors (Lipinski definition) is 2. The van der Waals surface area contributed by atoms with Crippen molar-refractivity contribution in [3.05, 3.63) is 58.6 Å². The first-order valence-electron chi connectivity index (χ1n) is 11.8. The predicted molar refractivity (Wildman–Crippen MR) is 136 cm³/mol. The molecule has 0 atom stereocenters. The molecule has 0 aromatic heterocycles. The van der Waals surface area contributed by atoms with Crippen LogP contribution in [0.1, 0.15) is 53.8 Å². The van der Waals surface area contributed by atoms with Crippen molar-refractivity contribution in [1.82, 2.24) is 4.90 Å². The van der Waals surface area contributed by atoms with Crippen molar-refractivity contribution in [3.63, 3.8) is 0 Å². The van der Waals surface area contributed by atoms with Gasteiger partial charge in [0, 0.05) is 48.6 Å². The second-order valence-electron chi connectivity index (χ2n) is 8.97. The van der Waals surface area contributed by atoms with Gasteiger partial charge in [-0.1, -0.05) is 11.6 Å². The highest BCUT2D eigenvalue weighted by atomic mass is 35.5. The highest BCUT2D eigenvalue weighted by molar-refractivity contribution is 6.30. The van der Waals surface area contributed by atoms with Gasteiger partial charge in [0.25, 0.3) is 5.91 Å². The zero-order chi connectivity index (χ0) is 24.7. The van der Waals surface area contributed by atoms with Crippen LogP contribution in [0.4, 0.5) is 11.4 Å². The molecule has 2 aromatic rings. The van der Waals surface area contributed by atoms with E-state index in [9.17, 15) is 14.7 Å². The molecule has 0 spiro atoms. The minimum atomic E-state index is -1.01. The number of halogens is 1. The Morgan fingerprint density at radius 2 is 1.85 bits per heavy atom. The van der Waals surface area contributed by atoms with Gasteiger partial charge in [-0.05, 0) is 82.6 Å². The number of carboxylic acid groups (broad SMARTS) is 1. The molecule has 1 saturated heterocycles. The monoisotopic (exact) mass is 487 g/mol. The maximum Gasteiger partial charge on any atom is 0.337 e. The molecule has 2 aromatic carbocycles. The number of rotatable bonds is 10. The van der Waals surface area contributed by atoms with Crippen LogP contribution in [0.15, 0.2) is 42.5 Å². The number of piperidine rings is 1. The van der Waals surface area contributed by atoms with E-state index in [1.165, 1.54) is 6.07 Å². The molecule has 1 aliphatic rings. The van der Waals surface area contributed by atoms with Crippen molar-refractivity contribution in [3.8, 4) is 0 Å². The van der Waals surface area contributed by atoms with E-state index < -0.39 is 5.97 Å². The Hall–Kier alpha value is -2.61. The maximum absolute atomic E-state index is 12.5. The van der Waals surface area contributed by atoms with E-state index in [4.69, 9.17) is 16.3 Å². The molecule has 0 radical (unpaired) electrons. The molecule has 184 valence electrons. The number of carbonyl (C=O) groups excluding carboxylic acids is 1. The summed E-state index contributed by atoms with van der Waals surface area (Å²) in [6.07, 6.45) is 3.20. The van der Waals surface area contributed by atoms with E-state index in [1.807, 2.05) is 13.8 Å². The van der Waals surface area contributed by atoms with Gasteiger partial charge in [0.1, 0.15) is 0 Å². The summed E-state index contributed by atoms with van der Waals surface area (Å²) in [6.45, 7) is 7.42. The van der Waals surface area contributed by atoms with Gasteiger partial charge in [0.05, 0.1) is 17.4 Å². The lowest BCUT2D eigenvalue weighted by molar-refractivity contribution is 0.0682. The average molecular weight is 488 g/mol. The Bertz CT molecular complexity index is 973. The summed E-state index contributed by atoms with van der Waals surface area (Å²) in [5, 5.41) is 13.1. The number of anilines is 2. The van der Waals surface area contributed by atoms with Crippen molar-refractivity contribution >= 4 is 34.9 Å². The highest BCUT2D eigenvalue weighted by Gasteiger charge is 2.25. The normalized spacial score (nSPS) is 14.6. The van der Waals surface area contributed by atoms with Crippen LogP contribution in [0.3, 0.4) is 0 Å². The van der Waals surface area contributed by atoms with E-state index in [1.54, 1.807) is 36.4 Å². The zero-order valence-electron chi connectivity index (χ0n) is 20.1. The Labute approximate surface area is 206 Å². The molecule has 0 saturated carbocycles. The number of benzene rings is 2. The van der Waals surface area contributed by atoms with Crippen LogP contribution < -0.4 is 10.2 Å². The van der Waals surface area contributed by atoms with E-state index in [2.05, 4.69) is 22.2 Å². The van der Waals surface area contributed by atoms with Crippen LogP contribution >= 0.6 is 11.6 Å². The Morgan fingerprint density at radius 1 is 1.18 bits per heavy atom. The van der Waals surface area contributed by atoms with Crippen molar-refractivity contribution in [2.45, 2.75) is 45.3 Å². The van der Waals surface area contributed by atoms with E-state index >= 15 is 0 Å². The topological polar surface area (TPSA) is 82.1 Å². The summed E-state index contributed by atoms with van der Waals surface area (Å²) in [5.74, 6) is -1.33. The van der Waals surface area contributed by atoms with Gasteiger partial charge < -0.3 is 25.0 Å². The molecular formula is C26H34ClN3O4. The molecule has 0 aliphatic carbocycles. The summed E-state index contributed by atoms with van der Waals surface area (Å²) < 4.78 is 5.63. The third-order valence-electron chi connectivity index (χ3n) is 6.13. The van der Waals surface area contributed by atoms with Crippen LogP contribution in [-0.2, 0) is 4.74 Å². The SMILES string of the molecule is CC(C)OCCCN(C)C1CCN(c2ccc(NC(=O)c3ccc(Cl)cc3)cc2C(=O)O)CC1. The van der Waals surface area contributed by atoms with Gasteiger partial charge in [-0.15, -0.1) is 0 Å². The summed E-state index contributed by atoms with van der Waals surface area (Å²) in [5.41, 5.74) is 1.77. The maximum atomic E-state index is 12.5. The molecule has 1 fully saturated rings. The molecule has 1 amide bonds.